The Hall–Kier alpha value is -1.01. The van der Waals surface area contributed by atoms with Gasteiger partial charge in [-0.1, -0.05) is 58.0 Å². The van der Waals surface area contributed by atoms with Gasteiger partial charge in [0.1, 0.15) is 0 Å². The Morgan fingerprint density at radius 3 is 2.72 bits per heavy atom. The van der Waals surface area contributed by atoms with E-state index in [1.165, 1.54) is 10.1 Å². The molecule has 4 nitrogen and oxygen atoms in total. The molecule has 1 unspecified atom stereocenters. The summed E-state index contributed by atoms with van der Waals surface area (Å²) >= 11 is 5.13. The van der Waals surface area contributed by atoms with Crippen molar-refractivity contribution >= 4 is 27.7 Å². The van der Waals surface area contributed by atoms with Crippen LogP contribution < -0.4 is 5.69 Å². The summed E-state index contributed by atoms with van der Waals surface area (Å²) in [6.45, 7) is 0. The van der Waals surface area contributed by atoms with Gasteiger partial charge in [0.15, 0.2) is 5.16 Å². The molecule has 0 saturated carbocycles. The summed E-state index contributed by atoms with van der Waals surface area (Å²) in [4.78, 5) is 11.2. The van der Waals surface area contributed by atoms with E-state index in [2.05, 4.69) is 38.3 Å². The van der Waals surface area contributed by atoms with Crippen molar-refractivity contribution in [1.29, 1.82) is 0 Å². The van der Waals surface area contributed by atoms with Gasteiger partial charge < -0.3 is 0 Å². The smallest absolute Gasteiger partial charge is 0.273 e. The molecule has 1 aromatic heterocycles. The summed E-state index contributed by atoms with van der Waals surface area (Å²) in [5, 5.41) is 8.05. The van der Waals surface area contributed by atoms with Crippen LogP contribution in [0.3, 0.4) is 0 Å². The Morgan fingerprint density at radius 1 is 1.44 bits per heavy atom. The maximum atomic E-state index is 11.2. The number of nitrogens with zero attached hydrogens (tertiary/aromatic N) is 2. The van der Waals surface area contributed by atoms with Crippen LogP contribution in [0.2, 0.25) is 0 Å². The minimum Gasteiger partial charge on any atom is -0.273 e. The number of hydrogen-bond donors (Lipinski definition) is 1. The first-order valence-corrected chi connectivity index (χ1v) is 7.68. The number of hydrogen-bond acceptors (Lipinski definition) is 3. The summed E-state index contributed by atoms with van der Waals surface area (Å²) in [7, 11) is 1.72. The Labute approximate surface area is 118 Å². The fraction of sp³-hybridized carbons (Fsp3) is 0.333. The lowest BCUT2D eigenvalue weighted by Crippen LogP contribution is -2.13. The van der Waals surface area contributed by atoms with Gasteiger partial charge in [-0.05, 0) is 5.56 Å². The number of H-pyrrole nitrogens is 1. The molecule has 0 bridgehead atoms. The minimum atomic E-state index is -0.174. The van der Waals surface area contributed by atoms with E-state index in [1.807, 2.05) is 18.2 Å². The van der Waals surface area contributed by atoms with Gasteiger partial charge in [0, 0.05) is 24.0 Å². The van der Waals surface area contributed by atoms with Crippen molar-refractivity contribution in [2.24, 2.45) is 7.05 Å². The summed E-state index contributed by atoms with van der Waals surface area (Å²) in [5.74, 6) is 1.29. The van der Waals surface area contributed by atoms with E-state index in [4.69, 9.17) is 0 Å². The van der Waals surface area contributed by atoms with E-state index in [1.54, 1.807) is 18.8 Å². The van der Waals surface area contributed by atoms with Crippen molar-refractivity contribution < 1.29 is 0 Å². The Morgan fingerprint density at radius 2 is 2.17 bits per heavy atom. The predicted octanol–water partition coefficient (Wildman–Crippen LogP) is 2.38. The zero-order chi connectivity index (χ0) is 13.0. The fourth-order valence-electron chi connectivity index (χ4n) is 1.59. The van der Waals surface area contributed by atoms with Gasteiger partial charge in [0.2, 0.25) is 0 Å². The van der Waals surface area contributed by atoms with Crippen LogP contribution in [0.25, 0.3) is 0 Å². The average molecular weight is 328 g/mol. The molecule has 0 aliphatic carbocycles. The zero-order valence-corrected chi connectivity index (χ0v) is 12.4. The molecule has 0 aliphatic heterocycles. The molecule has 1 aromatic carbocycles. The predicted molar refractivity (Wildman–Crippen MR) is 77.5 cm³/mol. The van der Waals surface area contributed by atoms with Crippen LogP contribution in [-0.4, -0.2) is 25.8 Å². The normalized spacial score (nSPS) is 12.6. The molecule has 6 heteroatoms. The topological polar surface area (TPSA) is 50.7 Å². The molecular formula is C12H14BrN3OS. The number of halogens is 1. The van der Waals surface area contributed by atoms with Gasteiger partial charge in [-0.2, -0.15) is 0 Å². The first-order valence-electron chi connectivity index (χ1n) is 5.57. The number of aromatic nitrogens is 3. The second-order valence-corrected chi connectivity index (χ2v) is 5.58. The third-order valence-corrected chi connectivity index (χ3v) is 4.68. The van der Waals surface area contributed by atoms with Gasteiger partial charge in [0.05, 0.1) is 0 Å². The van der Waals surface area contributed by atoms with E-state index >= 15 is 0 Å². The minimum absolute atomic E-state index is 0.174. The highest BCUT2D eigenvalue weighted by Crippen LogP contribution is 2.25. The molecule has 18 heavy (non-hydrogen) atoms. The number of rotatable bonds is 5. The van der Waals surface area contributed by atoms with E-state index in [0.717, 1.165) is 16.2 Å². The Balaban J connectivity index is 2.04. The van der Waals surface area contributed by atoms with Gasteiger partial charge in [0.25, 0.3) is 0 Å². The van der Waals surface area contributed by atoms with Crippen LogP contribution in [0.15, 0.2) is 40.3 Å². The van der Waals surface area contributed by atoms with Crippen molar-refractivity contribution in [2.45, 2.75) is 11.1 Å². The van der Waals surface area contributed by atoms with Crippen LogP contribution >= 0.6 is 27.7 Å². The van der Waals surface area contributed by atoms with E-state index in [9.17, 15) is 4.79 Å². The molecule has 0 saturated heterocycles. The summed E-state index contributed by atoms with van der Waals surface area (Å²) < 4.78 is 1.53. The lowest BCUT2D eigenvalue weighted by molar-refractivity contribution is 0.763. The van der Waals surface area contributed by atoms with Crippen molar-refractivity contribution in [3.63, 3.8) is 0 Å². The van der Waals surface area contributed by atoms with Gasteiger partial charge in [-0.3, -0.25) is 4.57 Å². The first kappa shape index (κ1) is 13.4. The molecule has 0 aliphatic rings. The highest BCUT2D eigenvalue weighted by Gasteiger charge is 2.12. The molecule has 0 fully saturated rings. The van der Waals surface area contributed by atoms with Crippen molar-refractivity contribution in [3.8, 4) is 0 Å². The number of thioether (sulfide) groups is 1. The molecule has 0 amide bonds. The molecule has 1 atom stereocenters. The maximum absolute atomic E-state index is 11.2. The van der Waals surface area contributed by atoms with E-state index < -0.39 is 0 Å². The number of alkyl halides is 1. The SMILES string of the molecule is Cn1c(SCC(CBr)c2ccccc2)n[nH]c1=O. The van der Waals surface area contributed by atoms with Crippen LogP contribution in [0.4, 0.5) is 0 Å². The maximum Gasteiger partial charge on any atom is 0.343 e. The second-order valence-electron chi connectivity index (χ2n) is 3.94. The Kier molecular flexibility index (Phi) is 4.66. The Bertz CT molecular complexity index is 552. The molecule has 0 spiro atoms. The molecular weight excluding hydrogens is 314 g/mol. The molecule has 0 radical (unpaired) electrons. The molecule has 2 aromatic rings. The zero-order valence-electron chi connectivity index (χ0n) is 9.97. The van der Waals surface area contributed by atoms with Crippen molar-refractivity contribution in [1.82, 2.24) is 14.8 Å². The van der Waals surface area contributed by atoms with Crippen molar-refractivity contribution in [2.75, 3.05) is 11.1 Å². The molecule has 2 rings (SSSR count). The largest absolute Gasteiger partial charge is 0.343 e. The fourth-order valence-corrected chi connectivity index (χ4v) is 3.54. The number of benzene rings is 1. The first-order chi connectivity index (χ1) is 8.72. The van der Waals surface area contributed by atoms with Gasteiger partial charge in [-0.15, -0.1) is 5.10 Å². The van der Waals surface area contributed by atoms with E-state index in [-0.39, 0.29) is 5.69 Å². The van der Waals surface area contributed by atoms with Gasteiger partial charge in [-0.25, -0.2) is 9.89 Å². The van der Waals surface area contributed by atoms with Gasteiger partial charge >= 0.3 is 5.69 Å². The monoisotopic (exact) mass is 327 g/mol. The number of nitrogens with one attached hydrogen (secondary N) is 1. The third kappa shape index (κ3) is 3.05. The lowest BCUT2D eigenvalue weighted by atomic mass is 10.0. The second kappa shape index (κ2) is 6.24. The lowest BCUT2D eigenvalue weighted by Gasteiger charge is -2.13. The highest BCUT2D eigenvalue weighted by atomic mass is 79.9. The summed E-state index contributed by atoms with van der Waals surface area (Å²) in [6.07, 6.45) is 0. The van der Waals surface area contributed by atoms with Crippen LogP contribution in [0.1, 0.15) is 11.5 Å². The molecule has 96 valence electrons. The standard InChI is InChI=1S/C12H14BrN3OS/c1-16-11(17)14-15-12(16)18-8-10(7-13)9-5-3-2-4-6-9/h2-6,10H,7-8H2,1H3,(H,14,17). The summed E-state index contributed by atoms with van der Waals surface area (Å²) in [6, 6.07) is 10.3. The third-order valence-electron chi connectivity index (χ3n) is 2.71. The molecule has 1 N–H and O–H groups in total. The quantitative estimate of drug-likeness (QED) is 0.677. The summed E-state index contributed by atoms with van der Waals surface area (Å²) in [5.41, 5.74) is 1.12. The average Bonchev–Trinajstić information content (AvgIpc) is 2.72. The number of aromatic amines is 1. The van der Waals surface area contributed by atoms with Crippen LogP contribution in [-0.2, 0) is 7.05 Å². The van der Waals surface area contributed by atoms with Crippen LogP contribution in [0, 0.1) is 0 Å². The highest BCUT2D eigenvalue weighted by molar-refractivity contribution is 9.09. The van der Waals surface area contributed by atoms with Crippen molar-refractivity contribution in [3.05, 3.63) is 46.4 Å². The van der Waals surface area contributed by atoms with E-state index in [0.29, 0.717) is 5.92 Å². The molecule has 1 heterocycles. The van der Waals surface area contributed by atoms with Crippen LogP contribution in [0.5, 0.6) is 0 Å².